The molecule has 0 unspecified atom stereocenters. The van der Waals surface area contributed by atoms with Gasteiger partial charge in [-0.15, -0.1) is 0 Å². The second-order valence-electron chi connectivity index (χ2n) is 12.9. The predicted octanol–water partition coefficient (Wildman–Crippen LogP) is 4.17. The number of rotatable bonds is 4. The lowest BCUT2D eigenvalue weighted by Gasteiger charge is -2.63. The lowest BCUT2D eigenvalue weighted by Crippen LogP contribution is -2.62. The molecule has 0 aromatic rings. The Hall–Kier alpha value is -1.40. The van der Waals surface area contributed by atoms with Crippen molar-refractivity contribution in [3.63, 3.8) is 0 Å². The smallest absolute Gasteiger partial charge is 0.331 e. The highest BCUT2D eigenvalue weighted by Crippen LogP contribution is 2.70. The van der Waals surface area contributed by atoms with Crippen LogP contribution in [-0.2, 0) is 19.1 Å². The van der Waals surface area contributed by atoms with Crippen LogP contribution in [0.1, 0.15) is 85.5 Å². The predicted molar refractivity (Wildman–Crippen MR) is 126 cm³/mol. The molecule has 0 amide bonds. The van der Waals surface area contributed by atoms with E-state index in [9.17, 15) is 19.8 Å². The Morgan fingerprint density at radius 2 is 1.94 bits per heavy atom. The molecule has 5 rings (SSSR count). The number of esters is 2. The third kappa shape index (κ3) is 3.57. The van der Waals surface area contributed by atoms with Gasteiger partial charge in [0, 0.05) is 30.3 Å². The van der Waals surface area contributed by atoms with Crippen molar-refractivity contribution in [2.75, 3.05) is 6.61 Å². The zero-order valence-corrected chi connectivity index (χ0v) is 21.2. The molecule has 1 heterocycles. The molecule has 0 aromatic carbocycles. The van der Waals surface area contributed by atoms with E-state index in [1.165, 1.54) is 0 Å². The van der Waals surface area contributed by atoms with Gasteiger partial charge in [-0.1, -0.05) is 27.7 Å². The maximum Gasteiger partial charge on any atom is 0.331 e. The van der Waals surface area contributed by atoms with E-state index >= 15 is 0 Å². The van der Waals surface area contributed by atoms with Gasteiger partial charge in [-0.2, -0.15) is 0 Å². The molecule has 5 aliphatic rings. The van der Waals surface area contributed by atoms with Crippen LogP contribution >= 0.6 is 0 Å². The molecule has 4 fully saturated rings. The number of carbonyl (C=O) groups excluding carboxylic acids is 2. The number of hydrogen-bond acceptors (Lipinski definition) is 6. The fourth-order valence-corrected chi connectivity index (χ4v) is 9.09. The van der Waals surface area contributed by atoms with Crippen LogP contribution in [0.3, 0.4) is 0 Å². The molecular formula is C28H42O6. The minimum absolute atomic E-state index is 0.132. The normalized spacial score (nSPS) is 48.0. The fourth-order valence-electron chi connectivity index (χ4n) is 9.09. The number of hydrogen-bond donors (Lipinski definition) is 2. The largest absolute Gasteiger partial charge is 0.462 e. The van der Waals surface area contributed by atoms with E-state index in [0.717, 1.165) is 50.5 Å². The highest BCUT2D eigenvalue weighted by Gasteiger charge is 2.71. The van der Waals surface area contributed by atoms with Crippen LogP contribution in [0.2, 0.25) is 0 Å². The monoisotopic (exact) mass is 474 g/mol. The summed E-state index contributed by atoms with van der Waals surface area (Å²) in [5.74, 6) is 0.463. The lowest BCUT2D eigenvalue weighted by molar-refractivity contribution is -0.208. The summed E-state index contributed by atoms with van der Waals surface area (Å²) in [7, 11) is 0. The molecule has 4 aliphatic carbocycles. The van der Waals surface area contributed by atoms with Gasteiger partial charge in [-0.05, 0) is 79.6 Å². The standard InChI is InChI=1S/C28H42O6/c1-16(2)11-24(31)34-22-14-28(32)21-6-5-18-13-19(29)7-9-26(18,3)20(21)8-10-27(28,4)25(22)17-12-23(30)33-15-17/h12,16,18-22,25,29,32H,5-11,13-15H2,1-4H3/t18-,19+,20+,21-,22+,25+,26+,27-,28+/m1/s1. The molecule has 0 aromatic heterocycles. The summed E-state index contributed by atoms with van der Waals surface area (Å²) in [6.07, 6.45) is 8.26. The van der Waals surface area contributed by atoms with Crippen LogP contribution in [0.4, 0.5) is 0 Å². The molecule has 0 bridgehead atoms. The van der Waals surface area contributed by atoms with Crippen LogP contribution < -0.4 is 0 Å². The number of cyclic esters (lactones) is 1. The second kappa shape index (κ2) is 8.33. The van der Waals surface area contributed by atoms with E-state index < -0.39 is 17.1 Å². The van der Waals surface area contributed by atoms with E-state index in [2.05, 4.69) is 13.8 Å². The molecule has 0 saturated heterocycles. The Balaban J connectivity index is 1.49. The minimum Gasteiger partial charge on any atom is -0.462 e. The Labute approximate surface area is 203 Å². The highest BCUT2D eigenvalue weighted by atomic mass is 16.5. The molecule has 9 atom stereocenters. The molecule has 190 valence electrons. The van der Waals surface area contributed by atoms with Crippen molar-refractivity contribution in [1.82, 2.24) is 0 Å². The minimum atomic E-state index is -0.958. The van der Waals surface area contributed by atoms with Crippen molar-refractivity contribution in [3.05, 3.63) is 11.6 Å². The topological polar surface area (TPSA) is 93.1 Å². The first-order chi connectivity index (χ1) is 16.0. The van der Waals surface area contributed by atoms with Gasteiger partial charge in [0.25, 0.3) is 0 Å². The molecule has 4 saturated carbocycles. The molecule has 34 heavy (non-hydrogen) atoms. The number of aliphatic hydroxyl groups is 2. The van der Waals surface area contributed by atoms with Gasteiger partial charge in [-0.3, -0.25) is 4.79 Å². The Bertz CT molecular complexity index is 880. The van der Waals surface area contributed by atoms with Crippen molar-refractivity contribution in [2.45, 2.75) is 103 Å². The number of carbonyl (C=O) groups is 2. The SMILES string of the molecule is CC(C)CC(=O)O[C@H]1C[C@]2(O)[C@@H]3CC[C@@H]4C[C@@H](O)CC[C@]4(C)[C@H]3CC[C@]2(C)[C@H]1C1=CC(=O)OC1. The third-order valence-corrected chi connectivity index (χ3v) is 10.8. The molecule has 6 nitrogen and oxygen atoms in total. The van der Waals surface area contributed by atoms with Crippen molar-refractivity contribution >= 4 is 11.9 Å². The van der Waals surface area contributed by atoms with E-state index in [0.29, 0.717) is 24.7 Å². The Morgan fingerprint density at radius 1 is 1.18 bits per heavy atom. The van der Waals surface area contributed by atoms with Crippen LogP contribution in [0.5, 0.6) is 0 Å². The fraction of sp³-hybridized carbons (Fsp3) is 0.857. The maximum absolute atomic E-state index is 12.8. The first kappa shape index (κ1) is 24.3. The van der Waals surface area contributed by atoms with E-state index in [1.54, 1.807) is 6.08 Å². The third-order valence-electron chi connectivity index (χ3n) is 10.8. The number of fused-ring (bicyclic) bond motifs is 5. The van der Waals surface area contributed by atoms with Crippen LogP contribution in [0.15, 0.2) is 11.6 Å². The Kier molecular flexibility index (Phi) is 5.95. The van der Waals surface area contributed by atoms with Gasteiger partial charge in [0.15, 0.2) is 0 Å². The van der Waals surface area contributed by atoms with Crippen LogP contribution in [0.25, 0.3) is 0 Å². The summed E-state index contributed by atoms with van der Waals surface area (Å²) in [6, 6.07) is 0. The van der Waals surface area contributed by atoms with Gasteiger partial charge in [0.1, 0.15) is 12.7 Å². The average molecular weight is 475 g/mol. The summed E-state index contributed by atoms with van der Waals surface area (Å²) in [6.45, 7) is 8.77. The van der Waals surface area contributed by atoms with Crippen molar-refractivity contribution in [2.24, 2.45) is 40.4 Å². The zero-order valence-electron chi connectivity index (χ0n) is 21.2. The van der Waals surface area contributed by atoms with Gasteiger partial charge in [0.2, 0.25) is 0 Å². The lowest BCUT2D eigenvalue weighted by atomic mass is 9.43. The molecule has 2 N–H and O–H groups in total. The number of aliphatic hydroxyl groups excluding tert-OH is 1. The highest BCUT2D eigenvalue weighted by molar-refractivity contribution is 5.85. The molecule has 1 aliphatic heterocycles. The molecule has 0 radical (unpaired) electrons. The second-order valence-corrected chi connectivity index (χ2v) is 12.9. The summed E-state index contributed by atoms with van der Waals surface area (Å²) in [5.41, 5.74) is -0.439. The van der Waals surface area contributed by atoms with Crippen molar-refractivity contribution in [1.29, 1.82) is 0 Å². The van der Waals surface area contributed by atoms with Gasteiger partial charge < -0.3 is 19.7 Å². The zero-order chi connectivity index (χ0) is 24.5. The van der Waals surface area contributed by atoms with Gasteiger partial charge in [-0.25, -0.2) is 4.79 Å². The summed E-state index contributed by atoms with van der Waals surface area (Å²) in [5, 5.41) is 22.9. The summed E-state index contributed by atoms with van der Waals surface area (Å²) < 4.78 is 11.4. The maximum atomic E-state index is 12.8. The average Bonchev–Trinajstić information content (AvgIpc) is 3.25. The first-order valence-electron chi connectivity index (χ1n) is 13.4. The summed E-state index contributed by atoms with van der Waals surface area (Å²) in [4.78, 5) is 24.7. The Morgan fingerprint density at radius 3 is 2.62 bits per heavy atom. The summed E-state index contributed by atoms with van der Waals surface area (Å²) >= 11 is 0. The van der Waals surface area contributed by atoms with E-state index in [1.807, 2.05) is 13.8 Å². The molecular weight excluding hydrogens is 432 g/mol. The van der Waals surface area contributed by atoms with E-state index in [4.69, 9.17) is 9.47 Å². The van der Waals surface area contributed by atoms with Gasteiger partial charge >= 0.3 is 11.9 Å². The quantitative estimate of drug-likeness (QED) is 0.594. The van der Waals surface area contributed by atoms with Crippen molar-refractivity contribution in [3.8, 4) is 0 Å². The van der Waals surface area contributed by atoms with Crippen molar-refractivity contribution < 1.29 is 29.3 Å². The van der Waals surface area contributed by atoms with Crippen LogP contribution in [0, 0.1) is 40.4 Å². The van der Waals surface area contributed by atoms with Gasteiger partial charge in [0.05, 0.1) is 11.7 Å². The number of ether oxygens (including phenoxy) is 2. The van der Waals surface area contributed by atoms with E-state index in [-0.39, 0.29) is 47.8 Å². The molecule has 6 heteroatoms. The first-order valence-corrected chi connectivity index (χ1v) is 13.4. The van der Waals surface area contributed by atoms with Crippen LogP contribution in [-0.4, -0.2) is 46.6 Å². The molecule has 0 spiro atoms.